The van der Waals surface area contributed by atoms with Crippen molar-refractivity contribution in [3.63, 3.8) is 0 Å². The Hall–Kier alpha value is -1.00. The Morgan fingerprint density at radius 2 is 2.24 bits per heavy atom. The maximum atomic E-state index is 11.9. The lowest BCUT2D eigenvalue weighted by molar-refractivity contribution is 0.0941. The van der Waals surface area contributed by atoms with Crippen LogP contribution in [0.15, 0.2) is 23.1 Å². The monoisotopic (exact) mass is 253 g/mol. The number of benzene rings is 1. The minimum atomic E-state index is -0.340. The van der Waals surface area contributed by atoms with Gasteiger partial charge in [0.25, 0.3) is 5.91 Å². The summed E-state index contributed by atoms with van der Waals surface area (Å²) in [4.78, 5) is 12.6. The zero-order chi connectivity index (χ0) is 12.8. The molecule has 94 valence electrons. The predicted octanol–water partition coefficient (Wildman–Crippen LogP) is 2.17. The van der Waals surface area contributed by atoms with Crippen molar-refractivity contribution in [2.75, 3.05) is 6.54 Å². The second-order valence-corrected chi connectivity index (χ2v) is 4.62. The number of hydrogen-bond acceptors (Lipinski definition) is 3. The topological polar surface area (TPSA) is 49.3 Å². The number of aliphatic hydroxyl groups excluding tert-OH is 1. The molecule has 0 saturated heterocycles. The van der Waals surface area contributed by atoms with Crippen LogP contribution in [0.25, 0.3) is 0 Å². The van der Waals surface area contributed by atoms with E-state index in [0.29, 0.717) is 24.9 Å². The Morgan fingerprint density at radius 1 is 1.53 bits per heavy atom. The molecule has 0 heterocycles. The zero-order valence-corrected chi connectivity index (χ0v) is 11.1. The van der Waals surface area contributed by atoms with Gasteiger partial charge in [-0.05, 0) is 37.5 Å². The van der Waals surface area contributed by atoms with Gasteiger partial charge in [0.1, 0.15) is 0 Å². The smallest absolute Gasteiger partial charge is 0.251 e. The number of thiol groups is 1. The van der Waals surface area contributed by atoms with E-state index in [1.807, 2.05) is 26.0 Å². The normalized spacial score (nSPS) is 12.2. The van der Waals surface area contributed by atoms with Gasteiger partial charge in [-0.2, -0.15) is 0 Å². The molecule has 3 nitrogen and oxygen atoms in total. The second kappa shape index (κ2) is 6.67. The number of carbonyl (C=O) groups is 1. The van der Waals surface area contributed by atoms with Crippen LogP contribution in [0.1, 0.15) is 35.7 Å². The molecule has 0 aliphatic rings. The van der Waals surface area contributed by atoms with Crippen molar-refractivity contribution in [2.45, 2.75) is 37.7 Å². The van der Waals surface area contributed by atoms with Crippen LogP contribution in [0.3, 0.4) is 0 Å². The van der Waals surface area contributed by atoms with E-state index in [4.69, 9.17) is 0 Å². The molecule has 0 aliphatic carbocycles. The highest BCUT2D eigenvalue weighted by molar-refractivity contribution is 7.80. The molecule has 17 heavy (non-hydrogen) atoms. The zero-order valence-electron chi connectivity index (χ0n) is 10.2. The van der Waals surface area contributed by atoms with Gasteiger partial charge in [0.05, 0.1) is 6.10 Å². The summed E-state index contributed by atoms with van der Waals surface area (Å²) in [5.74, 6) is -0.110. The lowest BCUT2D eigenvalue weighted by Gasteiger charge is -2.10. The average molecular weight is 253 g/mol. The van der Waals surface area contributed by atoms with Crippen LogP contribution in [0.2, 0.25) is 0 Å². The lowest BCUT2D eigenvalue weighted by Crippen LogP contribution is -2.27. The highest BCUT2D eigenvalue weighted by Crippen LogP contribution is 2.13. The van der Waals surface area contributed by atoms with Gasteiger partial charge < -0.3 is 10.4 Å². The highest BCUT2D eigenvalue weighted by Gasteiger charge is 2.09. The number of hydrogen-bond donors (Lipinski definition) is 3. The molecule has 1 unspecified atom stereocenters. The first-order valence-electron chi connectivity index (χ1n) is 5.80. The maximum Gasteiger partial charge on any atom is 0.251 e. The Kier molecular flexibility index (Phi) is 5.51. The fourth-order valence-electron chi connectivity index (χ4n) is 1.51. The molecule has 0 aliphatic heterocycles. The molecular formula is C13H19NO2S. The van der Waals surface area contributed by atoms with Crippen molar-refractivity contribution in [3.8, 4) is 0 Å². The molecule has 0 radical (unpaired) electrons. The summed E-state index contributed by atoms with van der Waals surface area (Å²) in [6.07, 6.45) is 0.954. The average Bonchev–Trinajstić information content (AvgIpc) is 2.31. The largest absolute Gasteiger partial charge is 0.393 e. The standard InChI is InChI=1S/C13H19NO2S/c1-3-10(15)6-7-14-13(16)12-8-11(17)5-4-9(12)2/h4-5,8,10,15,17H,3,6-7H2,1-2H3,(H,14,16). The van der Waals surface area contributed by atoms with Gasteiger partial charge in [0.2, 0.25) is 0 Å². The van der Waals surface area contributed by atoms with Gasteiger partial charge in [0, 0.05) is 17.0 Å². The van der Waals surface area contributed by atoms with Crippen molar-refractivity contribution in [3.05, 3.63) is 29.3 Å². The van der Waals surface area contributed by atoms with E-state index in [0.717, 1.165) is 10.5 Å². The van der Waals surface area contributed by atoms with Gasteiger partial charge in [-0.3, -0.25) is 4.79 Å². The molecule has 0 saturated carbocycles. The van der Waals surface area contributed by atoms with Gasteiger partial charge >= 0.3 is 0 Å². The van der Waals surface area contributed by atoms with Crippen LogP contribution in [0.5, 0.6) is 0 Å². The molecule has 1 aromatic carbocycles. The summed E-state index contributed by atoms with van der Waals surface area (Å²) in [6.45, 7) is 4.30. The number of amides is 1. The van der Waals surface area contributed by atoms with E-state index in [1.165, 1.54) is 0 Å². The van der Waals surface area contributed by atoms with Crippen LogP contribution in [0, 0.1) is 6.92 Å². The molecular weight excluding hydrogens is 234 g/mol. The number of aryl methyl sites for hydroxylation is 1. The van der Waals surface area contributed by atoms with E-state index < -0.39 is 0 Å². The SMILES string of the molecule is CCC(O)CCNC(=O)c1cc(S)ccc1C. The van der Waals surface area contributed by atoms with Gasteiger partial charge in [-0.1, -0.05) is 13.0 Å². The first kappa shape index (κ1) is 14.1. The molecule has 2 N–H and O–H groups in total. The van der Waals surface area contributed by atoms with Crippen LogP contribution in [-0.4, -0.2) is 23.7 Å². The minimum absolute atomic E-state index is 0.110. The third-order valence-electron chi connectivity index (χ3n) is 2.70. The first-order chi connectivity index (χ1) is 8.04. The summed E-state index contributed by atoms with van der Waals surface area (Å²) >= 11 is 4.21. The van der Waals surface area contributed by atoms with E-state index >= 15 is 0 Å². The predicted molar refractivity (Wildman–Crippen MR) is 71.7 cm³/mol. The minimum Gasteiger partial charge on any atom is -0.393 e. The number of aliphatic hydroxyl groups is 1. The Labute approximate surface area is 108 Å². The van der Waals surface area contributed by atoms with Crippen LogP contribution in [-0.2, 0) is 0 Å². The Bertz CT molecular complexity index is 393. The summed E-state index contributed by atoms with van der Waals surface area (Å²) < 4.78 is 0. The lowest BCUT2D eigenvalue weighted by atomic mass is 10.1. The summed E-state index contributed by atoms with van der Waals surface area (Å²) in [7, 11) is 0. The quantitative estimate of drug-likeness (QED) is 0.704. The van der Waals surface area contributed by atoms with E-state index in [2.05, 4.69) is 17.9 Å². The third-order valence-corrected chi connectivity index (χ3v) is 2.98. The first-order valence-corrected chi connectivity index (χ1v) is 6.25. The fourth-order valence-corrected chi connectivity index (χ4v) is 1.71. The number of rotatable bonds is 5. The Morgan fingerprint density at radius 3 is 2.88 bits per heavy atom. The molecule has 4 heteroatoms. The Balaban J connectivity index is 2.55. The number of carbonyl (C=O) groups excluding carboxylic acids is 1. The van der Waals surface area contributed by atoms with Crippen molar-refractivity contribution in [2.24, 2.45) is 0 Å². The maximum absolute atomic E-state index is 11.9. The molecule has 1 aromatic rings. The van der Waals surface area contributed by atoms with Gasteiger partial charge in [-0.25, -0.2) is 0 Å². The molecule has 1 rings (SSSR count). The van der Waals surface area contributed by atoms with Gasteiger partial charge in [0.15, 0.2) is 0 Å². The van der Waals surface area contributed by atoms with E-state index in [9.17, 15) is 9.90 Å². The fraction of sp³-hybridized carbons (Fsp3) is 0.462. The molecule has 0 bridgehead atoms. The highest BCUT2D eigenvalue weighted by atomic mass is 32.1. The van der Waals surface area contributed by atoms with E-state index in [1.54, 1.807) is 6.07 Å². The van der Waals surface area contributed by atoms with Crippen molar-refractivity contribution >= 4 is 18.5 Å². The molecule has 0 fully saturated rings. The summed E-state index contributed by atoms with van der Waals surface area (Å²) in [6, 6.07) is 5.48. The molecule has 1 atom stereocenters. The van der Waals surface area contributed by atoms with Gasteiger partial charge in [-0.15, -0.1) is 12.6 Å². The number of nitrogens with one attached hydrogen (secondary N) is 1. The molecule has 0 aromatic heterocycles. The van der Waals surface area contributed by atoms with Crippen LogP contribution < -0.4 is 5.32 Å². The summed E-state index contributed by atoms with van der Waals surface area (Å²) in [5, 5.41) is 12.2. The van der Waals surface area contributed by atoms with Crippen molar-refractivity contribution in [1.29, 1.82) is 0 Å². The third kappa shape index (κ3) is 4.40. The molecule has 0 spiro atoms. The van der Waals surface area contributed by atoms with Crippen LogP contribution in [0.4, 0.5) is 0 Å². The van der Waals surface area contributed by atoms with Crippen molar-refractivity contribution in [1.82, 2.24) is 5.32 Å². The van der Waals surface area contributed by atoms with Crippen LogP contribution >= 0.6 is 12.6 Å². The molecule has 1 amide bonds. The second-order valence-electron chi connectivity index (χ2n) is 4.11. The van der Waals surface area contributed by atoms with E-state index in [-0.39, 0.29) is 12.0 Å². The summed E-state index contributed by atoms with van der Waals surface area (Å²) in [5.41, 5.74) is 1.57. The van der Waals surface area contributed by atoms with Crippen molar-refractivity contribution < 1.29 is 9.90 Å².